The predicted molar refractivity (Wildman–Crippen MR) is 113 cm³/mol. The average molecular weight is 388 g/mol. The summed E-state index contributed by atoms with van der Waals surface area (Å²) in [7, 11) is 0. The molecule has 0 aliphatic rings. The Hall–Kier alpha value is -3.80. The number of hydrogen-bond donors (Lipinski definition) is 1. The smallest absolute Gasteiger partial charge is 0.198 e. The minimum atomic E-state index is -0.396. The molecular weight excluding hydrogens is 367 g/mol. The number of nitrogens with two attached hydrogens (primary N) is 1. The summed E-state index contributed by atoms with van der Waals surface area (Å²) in [6, 6.07) is 15.4. The topological polar surface area (TPSA) is 73.8 Å². The molecule has 2 aromatic heterocycles. The van der Waals surface area contributed by atoms with Gasteiger partial charge in [-0.05, 0) is 42.3 Å². The van der Waals surface area contributed by atoms with E-state index in [1.165, 1.54) is 23.0 Å². The average Bonchev–Trinajstić information content (AvgIpc) is 3.11. The number of nitrogen functional groups attached to an aromatic ring is 1. The van der Waals surface area contributed by atoms with Gasteiger partial charge in [-0.15, -0.1) is 0 Å². The predicted octanol–water partition coefficient (Wildman–Crippen LogP) is 4.83. The Kier molecular flexibility index (Phi) is 5.54. The van der Waals surface area contributed by atoms with E-state index in [2.05, 4.69) is 10.1 Å². The number of carbonyl (C=O) groups is 1. The molecule has 2 N–H and O–H groups in total. The standard InChI is InChI=1S/C22H17FN4O.CH4/c1-14-7-8-18(23)11-20(14)27-22(24)19(13-26-27)21(28)16-5-2-4-15(10-16)17-6-3-9-25-12-17;/h2-13H,24H2,1H3;1H4. The molecule has 146 valence electrons. The third kappa shape index (κ3) is 3.78. The van der Waals surface area contributed by atoms with Crippen LogP contribution in [-0.4, -0.2) is 20.5 Å². The molecule has 0 atom stereocenters. The zero-order valence-corrected chi connectivity index (χ0v) is 15.1. The minimum Gasteiger partial charge on any atom is -0.383 e. The maximum atomic E-state index is 13.6. The van der Waals surface area contributed by atoms with Crippen molar-refractivity contribution >= 4 is 11.6 Å². The van der Waals surface area contributed by atoms with E-state index in [9.17, 15) is 9.18 Å². The van der Waals surface area contributed by atoms with Crippen molar-refractivity contribution in [3.8, 4) is 16.8 Å². The summed E-state index contributed by atoms with van der Waals surface area (Å²) in [5.41, 5.74) is 10.0. The van der Waals surface area contributed by atoms with Gasteiger partial charge in [0.25, 0.3) is 0 Å². The largest absolute Gasteiger partial charge is 0.383 e. The summed E-state index contributed by atoms with van der Waals surface area (Å²) < 4.78 is 15.0. The van der Waals surface area contributed by atoms with E-state index in [1.54, 1.807) is 30.6 Å². The van der Waals surface area contributed by atoms with Crippen LogP contribution in [0.3, 0.4) is 0 Å². The van der Waals surface area contributed by atoms with Crippen LogP contribution in [0.15, 0.2) is 73.2 Å². The fraction of sp³-hybridized carbons (Fsp3) is 0.0870. The zero-order valence-electron chi connectivity index (χ0n) is 15.1. The van der Waals surface area contributed by atoms with Crippen LogP contribution >= 0.6 is 0 Å². The summed E-state index contributed by atoms with van der Waals surface area (Å²) in [6.45, 7) is 1.83. The number of anilines is 1. The third-order valence-corrected chi connectivity index (χ3v) is 4.57. The Balaban J connectivity index is 0.00000240. The van der Waals surface area contributed by atoms with Crippen molar-refractivity contribution in [2.45, 2.75) is 14.4 Å². The molecule has 0 radical (unpaired) electrons. The number of aryl methyl sites for hydroxylation is 1. The first kappa shape index (κ1) is 19.9. The van der Waals surface area contributed by atoms with Gasteiger partial charge in [0.05, 0.1) is 17.4 Å². The van der Waals surface area contributed by atoms with Gasteiger partial charge < -0.3 is 5.73 Å². The van der Waals surface area contributed by atoms with Crippen molar-refractivity contribution in [3.05, 3.63) is 95.7 Å². The Bertz CT molecular complexity index is 1170. The number of carbonyl (C=O) groups excluding carboxylic acids is 1. The molecule has 0 spiro atoms. The van der Waals surface area contributed by atoms with Gasteiger partial charge in [0.1, 0.15) is 11.6 Å². The van der Waals surface area contributed by atoms with Crippen LogP contribution in [0.5, 0.6) is 0 Å². The van der Waals surface area contributed by atoms with Gasteiger partial charge >= 0.3 is 0 Å². The number of ketones is 1. The number of nitrogens with zero attached hydrogens (tertiary/aromatic N) is 3. The van der Waals surface area contributed by atoms with Gasteiger partial charge in [0.15, 0.2) is 5.78 Å². The van der Waals surface area contributed by atoms with Crippen molar-refractivity contribution < 1.29 is 9.18 Å². The molecule has 2 heterocycles. The number of hydrogen-bond acceptors (Lipinski definition) is 4. The summed E-state index contributed by atoms with van der Waals surface area (Å²) >= 11 is 0. The summed E-state index contributed by atoms with van der Waals surface area (Å²) in [4.78, 5) is 17.1. The molecule has 0 unspecified atom stereocenters. The molecule has 6 heteroatoms. The van der Waals surface area contributed by atoms with Gasteiger partial charge in [-0.25, -0.2) is 9.07 Å². The van der Waals surface area contributed by atoms with Crippen molar-refractivity contribution in [2.75, 3.05) is 5.73 Å². The highest BCUT2D eigenvalue weighted by Crippen LogP contribution is 2.25. The molecule has 5 nitrogen and oxygen atoms in total. The van der Waals surface area contributed by atoms with Crippen LogP contribution in [0.25, 0.3) is 16.8 Å². The van der Waals surface area contributed by atoms with Crippen molar-refractivity contribution in [2.24, 2.45) is 0 Å². The van der Waals surface area contributed by atoms with Gasteiger partial charge in [0.2, 0.25) is 0 Å². The SMILES string of the molecule is C.Cc1ccc(F)cc1-n1ncc(C(=O)c2cccc(-c3cccnc3)c2)c1N. The summed E-state index contributed by atoms with van der Waals surface area (Å²) in [6.07, 6.45) is 4.85. The van der Waals surface area contributed by atoms with Crippen LogP contribution in [0, 0.1) is 12.7 Å². The molecule has 29 heavy (non-hydrogen) atoms. The second-order valence-electron chi connectivity index (χ2n) is 6.44. The fourth-order valence-electron chi connectivity index (χ4n) is 3.06. The minimum absolute atomic E-state index is 0. The molecule has 0 aliphatic carbocycles. The first-order chi connectivity index (χ1) is 13.5. The third-order valence-electron chi connectivity index (χ3n) is 4.57. The molecule has 0 fully saturated rings. The first-order valence-corrected chi connectivity index (χ1v) is 8.70. The molecular formula is C23H21FN4O. The van der Waals surface area contributed by atoms with Crippen molar-refractivity contribution in [3.63, 3.8) is 0 Å². The molecule has 4 aromatic rings. The van der Waals surface area contributed by atoms with Crippen LogP contribution in [0.1, 0.15) is 28.9 Å². The van der Waals surface area contributed by atoms with E-state index in [4.69, 9.17) is 5.73 Å². The Morgan fingerprint density at radius 2 is 1.83 bits per heavy atom. The Morgan fingerprint density at radius 3 is 2.59 bits per heavy atom. The van der Waals surface area contributed by atoms with Gasteiger partial charge in [-0.2, -0.15) is 5.10 Å². The summed E-state index contributed by atoms with van der Waals surface area (Å²) in [5.74, 6) is -0.471. The molecule has 0 amide bonds. The quantitative estimate of drug-likeness (QED) is 0.508. The lowest BCUT2D eigenvalue weighted by atomic mass is 10.00. The monoisotopic (exact) mass is 388 g/mol. The molecule has 0 saturated heterocycles. The number of aromatic nitrogens is 3. The maximum Gasteiger partial charge on any atom is 0.198 e. The fourth-order valence-corrected chi connectivity index (χ4v) is 3.06. The van der Waals surface area contributed by atoms with E-state index < -0.39 is 5.82 Å². The Labute approximate surface area is 168 Å². The lowest BCUT2D eigenvalue weighted by Crippen LogP contribution is -2.08. The molecule has 0 saturated carbocycles. The molecule has 0 aliphatic heterocycles. The molecule has 0 bridgehead atoms. The lowest BCUT2D eigenvalue weighted by Gasteiger charge is -2.09. The van der Waals surface area contributed by atoms with Crippen molar-refractivity contribution in [1.29, 1.82) is 0 Å². The highest BCUT2D eigenvalue weighted by atomic mass is 19.1. The Morgan fingerprint density at radius 1 is 1.03 bits per heavy atom. The van der Waals surface area contributed by atoms with E-state index >= 15 is 0 Å². The van der Waals surface area contributed by atoms with Crippen molar-refractivity contribution in [1.82, 2.24) is 14.8 Å². The van der Waals surface area contributed by atoms with E-state index in [0.29, 0.717) is 11.3 Å². The number of pyridine rings is 1. The van der Waals surface area contributed by atoms with E-state index in [0.717, 1.165) is 16.7 Å². The second-order valence-corrected chi connectivity index (χ2v) is 6.44. The lowest BCUT2D eigenvalue weighted by molar-refractivity contribution is 0.103. The van der Waals surface area contributed by atoms with E-state index in [-0.39, 0.29) is 24.6 Å². The van der Waals surface area contributed by atoms with E-state index in [1.807, 2.05) is 31.2 Å². The highest BCUT2D eigenvalue weighted by Gasteiger charge is 2.19. The second kappa shape index (κ2) is 8.06. The van der Waals surface area contributed by atoms with Crippen LogP contribution in [-0.2, 0) is 0 Å². The summed E-state index contributed by atoms with van der Waals surface area (Å²) in [5, 5.41) is 4.21. The maximum absolute atomic E-state index is 13.6. The number of halogens is 1. The highest BCUT2D eigenvalue weighted by molar-refractivity contribution is 6.12. The van der Waals surface area contributed by atoms with Gasteiger partial charge in [0, 0.05) is 23.5 Å². The number of rotatable bonds is 4. The normalized spacial score (nSPS) is 10.4. The van der Waals surface area contributed by atoms with Gasteiger partial charge in [-0.3, -0.25) is 9.78 Å². The zero-order chi connectivity index (χ0) is 19.7. The first-order valence-electron chi connectivity index (χ1n) is 8.70. The number of benzene rings is 2. The molecule has 4 rings (SSSR count). The van der Waals surface area contributed by atoms with Crippen LogP contribution in [0.4, 0.5) is 10.2 Å². The molecule has 2 aromatic carbocycles. The van der Waals surface area contributed by atoms with Crippen LogP contribution in [0.2, 0.25) is 0 Å². The van der Waals surface area contributed by atoms with Crippen LogP contribution < -0.4 is 5.73 Å². The van der Waals surface area contributed by atoms with Gasteiger partial charge in [-0.1, -0.05) is 37.8 Å².